The first-order valence-electron chi connectivity index (χ1n) is 7.99. The zero-order valence-electron chi connectivity index (χ0n) is 13.4. The number of carbonyl (C=O) groups excluding carboxylic acids is 1. The van der Waals surface area contributed by atoms with Gasteiger partial charge in [-0.15, -0.1) is 22.7 Å². The van der Waals surface area contributed by atoms with Gasteiger partial charge < -0.3 is 15.6 Å². The highest BCUT2D eigenvalue weighted by Crippen LogP contribution is 2.37. The van der Waals surface area contributed by atoms with Crippen LogP contribution in [0.5, 0.6) is 0 Å². The van der Waals surface area contributed by atoms with Crippen molar-refractivity contribution in [3.8, 4) is 0 Å². The molecule has 1 aliphatic carbocycles. The third-order valence-corrected chi connectivity index (χ3v) is 5.89. The number of aromatic nitrogens is 3. The van der Waals surface area contributed by atoms with Crippen molar-refractivity contribution in [2.24, 2.45) is 5.73 Å². The van der Waals surface area contributed by atoms with Crippen molar-refractivity contribution in [1.82, 2.24) is 15.1 Å². The molecule has 3 heterocycles. The summed E-state index contributed by atoms with van der Waals surface area (Å²) in [4.78, 5) is 21.8. The average molecular weight is 375 g/mol. The Morgan fingerprint density at radius 2 is 2.24 bits per heavy atom. The van der Waals surface area contributed by atoms with Crippen molar-refractivity contribution in [2.75, 3.05) is 5.32 Å². The molecule has 0 spiro atoms. The topological polar surface area (TPSA) is 107 Å². The van der Waals surface area contributed by atoms with Gasteiger partial charge in [-0.3, -0.25) is 4.79 Å². The fourth-order valence-corrected chi connectivity index (χ4v) is 4.08. The van der Waals surface area contributed by atoms with Gasteiger partial charge in [-0.25, -0.2) is 4.98 Å². The van der Waals surface area contributed by atoms with E-state index < -0.39 is 5.54 Å². The normalized spacial score (nSPS) is 15.7. The molecule has 3 N–H and O–H groups in total. The van der Waals surface area contributed by atoms with Crippen molar-refractivity contribution in [3.63, 3.8) is 0 Å². The van der Waals surface area contributed by atoms with Crippen LogP contribution in [0, 0.1) is 0 Å². The van der Waals surface area contributed by atoms with Crippen molar-refractivity contribution in [1.29, 1.82) is 0 Å². The molecule has 1 amide bonds. The quantitative estimate of drug-likeness (QED) is 0.686. The van der Waals surface area contributed by atoms with E-state index in [4.69, 9.17) is 10.3 Å². The Labute approximate surface area is 152 Å². The van der Waals surface area contributed by atoms with Gasteiger partial charge in [0.25, 0.3) is 0 Å². The van der Waals surface area contributed by atoms with E-state index >= 15 is 0 Å². The number of nitrogens with two attached hydrogens (primary N) is 1. The predicted molar refractivity (Wildman–Crippen MR) is 95.6 cm³/mol. The molecule has 9 heteroatoms. The van der Waals surface area contributed by atoms with Gasteiger partial charge in [0.15, 0.2) is 11.0 Å². The summed E-state index contributed by atoms with van der Waals surface area (Å²) in [5.41, 5.74) is 6.56. The van der Waals surface area contributed by atoms with Crippen LogP contribution >= 0.6 is 22.7 Å². The molecule has 1 saturated carbocycles. The highest BCUT2D eigenvalue weighted by Gasteiger charge is 2.38. The van der Waals surface area contributed by atoms with E-state index in [-0.39, 0.29) is 5.91 Å². The Kier molecular flexibility index (Phi) is 4.36. The van der Waals surface area contributed by atoms with Crippen LogP contribution in [-0.2, 0) is 23.2 Å². The molecule has 3 aromatic heterocycles. The van der Waals surface area contributed by atoms with Crippen molar-refractivity contribution in [3.05, 3.63) is 45.2 Å². The third kappa shape index (κ3) is 3.63. The SMILES string of the molecule is NC1(c2noc(Cc3csc(NC(=O)Cc4cccs4)n3)n2)CCC1. The third-order valence-electron chi connectivity index (χ3n) is 4.20. The minimum Gasteiger partial charge on any atom is -0.339 e. The van der Waals surface area contributed by atoms with Crippen LogP contribution < -0.4 is 11.1 Å². The van der Waals surface area contributed by atoms with Gasteiger partial charge in [0.1, 0.15) is 0 Å². The van der Waals surface area contributed by atoms with Crippen LogP contribution in [0.15, 0.2) is 27.4 Å². The lowest BCUT2D eigenvalue weighted by Gasteiger charge is -2.34. The smallest absolute Gasteiger partial charge is 0.232 e. The van der Waals surface area contributed by atoms with E-state index in [2.05, 4.69) is 20.4 Å². The number of hydrogen-bond acceptors (Lipinski definition) is 8. The molecule has 1 aliphatic rings. The minimum atomic E-state index is -0.426. The number of hydrogen-bond donors (Lipinski definition) is 2. The van der Waals surface area contributed by atoms with E-state index in [9.17, 15) is 4.79 Å². The number of nitrogens with zero attached hydrogens (tertiary/aromatic N) is 3. The summed E-state index contributed by atoms with van der Waals surface area (Å²) < 4.78 is 5.29. The maximum absolute atomic E-state index is 12.0. The van der Waals surface area contributed by atoms with Crippen LogP contribution in [0.4, 0.5) is 5.13 Å². The Morgan fingerprint density at radius 1 is 1.36 bits per heavy atom. The van der Waals surface area contributed by atoms with Gasteiger partial charge in [-0.05, 0) is 30.7 Å². The second-order valence-corrected chi connectivity index (χ2v) is 8.04. The van der Waals surface area contributed by atoms with Gasteiger partial charge in [-0.2, -0.15) is 4.98 Å². The molecule has 130 valence electrons. The maximum Gasteiger partial charge on any atom is 0.232 e. The first kappa shape index (κ1) is 16.4. The average Bonchev–Trinajstić information content (AvgIpc) is 3.28. The van der Waals surface area contributed by atoms with Gasteiger partial charge >= 0.3 is 0 Å². The Hall–Kier alpha value is -2.10. The van der Waals surface area contributed by atoms with E-state index in [1.165, 1.54) is 11.3 Å². The fraction of sp³-hybridized carbons (Fsp3) is 0.375. The van der Waals surface area contributed by atoms with Gasteiger partial charge in [0, 0.05) is 10.3 Å². The summed E-state index contributed by atoms with van der Waals surface area (Å²) in [6.45, 7) is 0. The first-order chi connectivity index (χ1) is 12.1. The highest BCUT2D eigenvalue weighted by molar-refractivity contribution is 7.14. The van der Waals surface area contributed by atoms with Crippen LogP contribution in [0.2, 0.25) is 0 Å². The van der Waals surface area contributed by atoms with Crippen molar-refractivity contribution < 1.29 is 9.32 Å². The van der Waals surface area contributed by atoms with E-state index in [1.54, 1.807) is 11.3 Å². The molecule has 7 nitrogen and oxygen atoms in total. The second-order valence-electron chi connectivity index (χ2n) is 6.15. The Bertz CT molecular complexity index is 867. The zero-order valence-corrected chi connectivity index (χ0v) is 15.0. The monoisotopic (exact) mass is 375 g/mol. The largest absolute Gasteiger partial charge is 0.339 e. The number of rotatable bonds is 6. The summed E-state index contributed by atoms with van der Waals surface area (Å²) in [5.74, 6) is 1.00. The summed E-state index contributed by atoms with van der Waals surface area (Å²) >= 11 is 2.95. The fourth-order valence-electron chi connectivity index (χ4n) is 2.65. The zero-order chi connectivity index (χ0) is 17.3. The predicted octanol–water partition coefficient (Wildman–Crippen LogP) is 2.70. The molecule has 0 unspecified atom stereocenters. The van der Waals surface area contributed by atoms with Crippen LogP contribution in [0.3, 0.4) is 0 Å². The number of nitrogens with one attached hydrogen (secondary N) is 1. The van der Waals surface area contributed by atoms with Crippen molar-refractivity contribution in [2.45, 2.75) is 37.6 Å². The number of carbonyl (C=O) groups is 1. The number of anilines is 1. The van der Waals surface area contributed by atoms with E-state index in [0.29, 0.717) is 29.7 Å². The number of thiazole rings is 1. The summed E-state index contributed by atoms with van der Waals surface area (Å²) in [5, 5.41) is 11.2. The van der Waals surface area contributed by atoms with Gasteiger partial charge in [0.2, 0.25) is 11.8 Å². The molecular weight excluding hydrogens is 358 g/mol. The lowest BCUT2D eigenvalue weighted by Crippen LogP contribution is -2.44. The molecule has 0 aromatic carbocycles. The molecule has 3 aromatic rings. The number of amides is 1. The number of thiophene rings is 1. The van der Waals surface area contributed by atoms with E-state index in [0.717, 1.165) is 29.8 Å². The molecular formula is C16H17N5O2S2. The van der Waals surface area contributed by atoms with Crippen LogP contribution in [0.25, 0.3) is 0 Å². The maximum atomic E-state index is 12.0. The molecule has 0 atom stereocenters. The highest BCUT2D eigenvalue weighted by atomic mass is 32.1. The molecule has 0 aliphatic heterocycles. The molecule has 4 rings (SSSR count). The molecule has 1 fully saturated rings. The molecule has 0 saturated heterocycles. The lowest BCUT2D eigenvalue weighted by atomic mass is 9.77. The Morgan fingerprint density at radius 3 is 2.96 bits per heavy atom. The first-order valence-corrected chi connectivity index (χ1v) is 9.75. The summed E-state index contributed by atoms with van der Waals surface area (Å²) in [6, 6.07) is 3.87. The molecule has 0 radical (unpaired) electrons. The minimum absolute atomic E-state index is 0.0708. The lowest BCUT2D eigenvalue weighted by molar-refractivity contribution is -0.115. The van der Waals surface area contributed by atoms with E-state index in [1.807, 2.05) is 22.9 Å². The van der Waals surface area contributed by atoms with Gasteiger partial charge in [-0.1, -0.05) is 11.2 Å². The Balaban J connectivity index is 1.36. The van der Waals surface area contributed by atoms with Crippen LogP contribution in [-0.4, -0.2) is 21.0 Å². The van der Waals surface area contributed by atoms with Crippen LogP contribution in [0.1, 0.15) is 41.5 Å². The molecule has 0 bridgehead atoms. The second kappa shape index (κ2) is 6.66. The molecule has 25 heavy (non-hydrogen) atoms. The summed E-state index contributed by atoms with van der Waals surface area (Å²) in [6.07, 6.45) is 3.67. The van der Waals surface area contributed by atoms with Crippen molar-refractivity contribution >= 4 is 33.7 Å². The summed E-state index contributed by atoms with van der Waals surface area (Å²) in [7, 11) is 0. The standard InChI is InChI=1S/C16H17N5O2S2/c17-16(4-2-5-16)14-20-13(23-21-14)7-10-9-25-15(18-10)19-12(22)8-11-3-1-6-24-11/h1,3,6,9H,2,4-5,7-8,17H2,(H,18,19,22). The van der Waals surface area contributed by atoms with Gasteiger partial charge in [0.05, 0.1) is 24.1 Å².